The SMILES string of the molecule is COc1cc2c(cc1OCCCC(=O)Nc1cc(C(N)=O)n([C@@H]3OC[C@@H](O)C[C@H]3O)c1)N=C[C@@H]1CCCCN1C2=O. The Balaban J connectivity index is 1.19. The predicted octanol–water partition coefficient (Wildman–Crippen LogP) is 1.74. The largest absolute Gasteiger partial charge is 0.493 e. The van der Waals surface area contributed by atoms with E-state index in [1.807, 2.05) is 11.1 Å². The molecule has 1 aromatic heterocycles. The van der Waals surface area contributed by atoms with Crippen molar-refractivity contribution >= 4 is 35.3 Å². The van der Waals surface area contributed by atoms with E-state index in [1.54, 1.807) is 12.1 Å². The Morgan fingerprint density at radius 1 is 1.22 bits per heavy atom. The van der Waals surface area contributed by atoms with Crippen molar-refractivity contribution in [2.75, 3.05) is 32.2 Å². The number of carbonyl (C=O) groups is 3. The number of hydrogen-bond acceptors (Lipinski definition) is 9. The maximum atomic E-state index is 13.2. The molecule has 3 aliphatic heterocycles. The molecule has 2 fully saturated rings. The van der Waals surface area contributed by atoms with Gasteiger partial charge in [0, 0.05) is 37.9 Å². The third kappa shape index (κ3) is 6.21. The minimum atomic E-state index is -1.06. The average molecular weight is 570 g/mol. The topological polar surface area (TPSA) is 178 Å². The van der Waals surface area contributed by atoms with E-state index >= 15 is 0 Å². The fraction of sp³-hybridized carbons (Fsp3) is 0.500. The highest BCUT2D eigenvalue weighted by Crippen LogP contribution is 2.38. The van der Waals surface area contributed by atoms with Gasteiger partial charge in [-0.25, -0.2) is 0 Å². The molecule has 220 valence electrons. The zero-order valence-electron chi connectivity index (χ0n) is 22.8. The normalized spacial score (nSPS) is 23.8. The van der Waals surface area contributed by atoms with Gasteiger partial charge in [0.1, 0.15) is 11.8 Å². The van der Waals surface area contributed by atoms with Crippen LogP contribution < -0.4 is 20.5 Å². The van der Waals surface area contributed by atoms with E-state index in [1.165, 1.54) is 23.9 Å². The summed E-state index contributed by atoms with van der Waals surface area (Å²) in [4.78, 5) is 44.2. The summed E-state index contributed by atoms with van der Waals surface area (Å²) in [6.45, 7) is 0.899. The Morgan fingerprint density at radius 2 is 2.05 bits per heavy atom. The lowest BCUT2D eigenvalue weighted by Crippen LogP contribution is -2.43. The second-order valence-corrected chi connectivity index (χ2v) is 10.4. The zero-order chi connectivity index (χ0) is 29.1. The van der Waals surface area contributed by atoms with Crippen LogP contribution in [-0.4, -0.2) is 88.7 Å². The molecule has 0 radical (unpaired) electrons. The first-order valence-corrected chi connectivity index (χ1v) is 13.7. The minimum absolute atomic E-state index is 0.00354. The first-order chi connectivity index (χ1) is 19.7. The minimum Gasteiger partial charge on any atom is -0.493 e. The molecule has 2 aromatic rings. The number of methoxy groups -OCH3 is 1. The molecule has 0 spiro atoms. The molecule has 13 heteroatoms. The van der Waals surface area contributed by atoms with Crippen molar-refractivity contribution in [3.05, 3.63) is 35.7 Å². The molecule has 0 saturated carbocycles. The number of nitrogens with one attached hydrogen (secondary N) is 1. The zero-order valence-corrected chi connectivity index (χ0v) is 22.8. The maximum Gasteiger partial charge on any atom is 0.265 e. The summed E-state index contributed by atoms with van der Waals surface area (Å²) >= 11 is 0. The number of ether oxygens (including phenoxy) is 3. The average Bonchev–Trinajstić information content (AvgIpc) is 3.31. The molecule has 4 atom stereocenters. The molecule has 41 heavy (non-hydrogen) atoms. The molecule has 4 heterocycles. The molecule has 0 aliphatic carbocycles. The lowest BCUT2D eigenvalue weighted by molar-refractivity contribution is -0.155. The molecule has 2 saturated heterocycles. The van der Waals surface area contributed by atoms with Crippen molar-refractivity contribution < 1.29 is 38.8 Å². The second-order valence-electron chi connectivity index (χ2n) is 10.4. The van der Waals surface area contributed by atoms with Crippen LogP contribution in [0.4, 0.5) is 11.4 Å². The highest BCUT2D eigenvalue weighted by molar-refractivity contribution is 6.03. The number of nitrogens with zero attached hydrogens (tertiary/aromatic N) is 3. The number of rotatable bonds is 9. The first kappa shape index (κ1) is 28.6. The smallest absolute Gasteiger partial charge is 0.265 e. The van der Waals surface area contributed by atoms with E-state index < -0.39 is 24.3 Å². The first-order valence-electron chi connectivity index (χ1n) is 13.7. The molecule has 0 unspecified atom stereocenters. The van der Waals surface area contributed by atoms with Gasteiger partial charge >= 0.3 is 0 Å². The number of benzene rings is 1. The third-order valence-corrected chi connectivity index (χ3v) is 7.47. The maximum absolute atomic E-state index is 13.2. The number of aliphatic hydroxyl groups is 2. The highest BCUT2D eigenvalue weighted by atomic mass is 16.5. The third-order valence-electron chi connectivity index (χ3n) is 7.47. The van der Waals surface area contributed by atoms with Crippen LogP contribution in [0.1, 0.15) is 65.6 Å². The van der Waals surface area contributed by atoms with Gasteiger partial charge in [0.25, 0.3) is 11.8 Å². The molecular weight excluding hydrogens is 534 g/mol. The van der Waals surface area contributed by atoms with Gasteiger partial charge in [0.05, 0.1) is 49.4 Å². The van der Waals surface area contributed by atoms with Gasteiger partial charge in [-0.2, -0.15) is 0 Å². The van der Waals surface area contributed by atoms with Crippen LogP contribution in [-0.2, 0) is 9.53 Å². The molecule has 1 aromatic carbocycles. The molecule has 5 rings (SSSR count). The fourth-order valence-electron chi connectivity index (χ4n) is 5.43. The Kier molecular flexibility index (Phi) is 8.57. The highest BCUT2D eigenvalue weighted by Gasteiger charge is 2.33. The van der Waals surface area contributed by atoms with Gasteiger partial charge in [-0.3, -0.25) is 19.4 Å². The lowest BCUT2D eigenvalue weighted by Gasteiger charge is -2.32. The van der Waals surface area contributed by atoms with Crippen LogP contribution in [0.3, 0.4) is 0 Å². The number of primary amides is 1. The summed E-state index contributed by atoms with van der Waals surface area (Å²) in [6.07, 6.45) is 4.00. The predicted molar refractivity (Wildman–Crippen MR) is 148 cm³/mol. The van der Waals surface area contributed by atoms with Crippen LogP contribution in [0.2, 0.25) is 0 Å². The van der Waals surface area contributed by atoms with Crippen LogP contribution >= 0.6 is 0 Å². The summed E-state index contributed by atoms with van der Waals surface area (Å²) in [6, 6.07) is 4.74. The van der Waals surface area contributed by atoms with Crippen molar-refractivity contribution in [1.29, 1.82) is 0 Å². The number of nitrogens with two attached hydrogens (primary N) is 1. The summed E-state index contributed by atoms with van der Waals surface area (Å²) < 4.78 is 18.2. The van der Waals surface area contributed by atoms with Gasteiger partial charge in [-0.05, 0) is 37.8 Å². The van der Waals surface area contributed by atoms with Gasteiger partial charge in [0.15, 0.2) is 17.7 Å². The molecular formula is C28H35N5O8. The van der Waals surface area contributed by atoms with E-state index in [4.69, 9.17) is 19.9 Å². The number of amides is 3. The second kappa shape index (κ2) is 12.3. The van der Waals surface area contributed by atoms with Crippen LogP contribution in [0, 0.1) is 0 Å². The van der Waals surface area contributed by atoms with E-state index in [9.17, 15) is 24.6 Å². The van der Waals surface area contributed by atoms with Gasteiger partial charge in [-0.1, -0.05) is 0 Å². The van der Waals surface area contributed by atoms with Crippen LogP contribution in [0.5, 0.6) is 11.5 Å². The Labute approximate surface area is 236 Å². The number of anilines is 1. The van der Waals surface area contributed by atoms with Crippen LogP contribution in [0.25, 0.3) is 0 Å². The van der Waals surface area contributed by atoms with E-state index in [0.717, 1.165) is 19.3 Å². The summed E-state index contributed by atoms with van der Waals surface area (Å²) in [5, 5.41) is 22.7. The van der Waals surface area contributed by atoms with E-state index in [-0.39, 0.29) is 49.6 Å². The summed E-state index contributed by atoms with van der Waals surface area (Å²) in [5.74, 6) is -0.303. The summed E-state index contributed by atoms with van der Waals surface area (Å²) in [5.41, 5.74) is 6.85. The number of aromatic nitrogens is 1. The van der Waals surface area contributed by atoms with Gasteiger partial charge < -0.3 is 44.9 Å². The van der Waals surface area contributed by atoms with Gasteiger partial charge in [-0.15, -0.1) is 0 Å². The van der Waals surface area contributed by atoms with E-state index in [0.29, 0.717) is 41.4 Å². The molecule has 3 aliphatic rings. The number of fused-ring (bicyclic) bond motifs is 2. The monoisotopic (exact) mass is 569 g/mol. The standard InChI is InChI=1S/C28H35N5O8/c1-39-23-11-19-20(30-13-17-5-2-3-7-32(17)27(19)38)12-24(23)40-8-4-6-25(36)31-16-9-21(26(29)37)33(14-16)28-22(35)10-18(34)15-41-28/h9,11-14,17-18,22,28,34-35H,2-8,10,15H2,1H3,(H2,29,37)(H,31,36)/t17-,18-,22+,28+/m0/s1. The van der Waals surface area contributed by atoms with Crippen molar-refractivity contribution in [1.82, 2.24) is 9.47 Å². The number of carbonyl (C=O) groups excluding carboxylic acids is 3. The Bertz CT molecular complexity index is 1340. The Hall–Kier alpha value is -3.94. The van der Waals surface area contributed by atoms with Crippen LogP contribution in [0.15, 0.2) is 29.4 Å². The van der Waals surface area contributed by atoms with Crippen molar-refractivity contribution in [3.63, 3.8) is 0 Å². The fourth-order valence-corrected chi connectivity index (χ4v) is 5.43. The number of aliphatic imine (C=N–C) groups is 1. The van der Waals surface area contributed by atoms with Crippen molar-refractivity contribution in [2.24, 2.45) is 10.7 Å². The lowest BCUT2D eigenvalue weighted by atomic mass is 10.0. The molecule has 3 amide bonds. The van der Waals surface area contributed by atoms with Gasteiger partial charge in [0.2, 0.25) is 5.91 Å². The number of hydrogen-bond donors (Lipinski definition) is 4. The number of aliphatic hydroxyl groups excluding tert-OH is 2. The number of piperidine rings is 1. The summed E-state index contributed by atoms with van der Waals surface area (Å²) in [7, 11) is 1.50. The molecule has 13 nitrogen and oxygen atoms in total. The Morgan fingerprint density at radius 3 is 2.80 bits per heavy atom. The van der Waals surface area contributed by atoms with E-state index in [2.05, 4.69) is 10.3 Å². The van der Waals surface area contributed by atoms with Crippen molar-refractivity contribution in [2.45, 2.75) is 63.0 Å². The molecule has 5 N–H and O–H groups in total. The molecule has 0 bridgehead atoms. The van der Waals surface area contributed by atoms with Crippen molar-refractivity contribution in [3.8, 4) is 11.5 Å². The quantitative estimate of drug-likeness (QED) is 0.330.